The van der Waals surface area contributed by atoms with Gasteiger partial charge in [-0.2, -0.15) is 0 Å². The zero-order valence-electron chi connectivity index (χ0n) is 19.1. The summed E-state index contributed by atoms with van der Waals surface area (Å²) in [7, 11) is 0. The summed E-state index contributed by atoms with van der Waals surface area (Å²) < 4.78 is 6.49. The average Bonchev–Trinajstić information content (AvgIpc) is 3.38. The summed E-state index contributed by atoms with van der Waals surface area (Å²) >= 11 is 0. The summed E-state index contributed by atoms with van der Waals surface area (Å²) in [5.41, 5.74) is -1.49. The lowest BCUT2D eigenvalue weighted by Crippen LogP contribution is -2.58. The lowest BCUT2D eigenvalue weighted by Gasteiger charge is -2.35. The molecule has 7 nitrogen and oxygen atoms in total. The summed E-state index contributed by atoms with van der Waals surface area (Å²) in [5.74, 6) is -1.97. The van der Waals surface area contributed by atoms with E-state index in [1.165, 1.54) is 0 Å². The minimum atomic E-state index is -1.11. The van der Waals surface area contributed by atoms with Crippen molar-refractivity contribution in [2.24, 2.45) is 11.8 Å². The molecule has 170 valence electrons. The molecule has 5 unspecified atom stereocenters. The van der Waals surface area contributed by atoms with E-state index in [9.17, 15) is 14.4 Å². The van der Waals surface area contributed by atoms with Crippen molar-refractivity contribution in [3.8, 4) is 0 Å². The molecule has 1 aliphatic carbocycles. The normalized spacial score (nSPS) is 35.2. The number of amides is 3. The molecule has 1 spiro atoms. The Morgan fingerprint density at radius 2 is 1.81 bits per heavy atom. The lowest BCUT2D eigenvalue weighted by molar-refractivity contribution is -0.146. The van der Waals surface area contributed by atoms with Crippen molar-refractivity contribution >= 4 is 17.7 Å². The third kappa shape index (κ3) is 3.17. The van der Waals surface area contributed by atoms with Gasteiger partial charge in [-0.3, -0.25) is 14.4 Å². The van der Waals surface area contributed by atoms with Crippen LogP contribution in [0.25, 0.3) is 0 Å². The van der Waals surface area contributed by atoms with Crippen LogP contribution in [-0.4, -0.2) is 51.4 Å². The van der Waals surface area contributed by atoms with Gasteiger partial charge in [0.2, 0.25) is 17.7 Å². The molecule has 2 N–H and O–H groups in total. The first-order valence-corrected chi connectivity index (χ1v) is 11.4. The van der Waals surface area contributed by atoms with E-state index in [0.29, 0.717) is 6.54 Å². The number of carbonyl (C=O) groups is 3. The maximum Gasteiger partial charge on any atom is 0.246 e. The highest BCUT2D eigenvalue weighted by Crippen LogP contribution is 2.61. The van der Waals surface area contributed by atoms with Crippen LogP contribution < -0.4 is 10.6 Å². The average molecular weight is 438 g/mol. The van der Waals surface area contributed by atoms with Crippen LogP contribution in [0.3, 0.4) is 0 Å². The highest BCUT2D eigenvalue weighted by atomic mass is 16.5. The molecule has 4 aliphatic rings. The van der Waals surface area contributed by atoms with Crippen LogP contribution in [0.15, 0.2) is 42.5 Å². The van der Waals surface area contributed by atoms with Gasteiger partial charge in [0, 0.05) is 18.1 Å². The molecule has 2 bridgehead atoms. The van der Waals surface area contributed by atoms with Crippen molar-refractivity contribution in [2.75, 3.05) is 0 Å². The Labute approximate surface area is 188 Å². The van der Waals surface area contributed by atoms with Gasteiger partial charge in [0.05, 0.1) is 17.4 Å². The maximum absolute atomic E-state index is 13.7. The Hall–Kier alpha value is -2.67. The Morgan fingerprint density at radius 3 is 2.44 bits per heavy atom. The molecular formula is C25H31N3O4. The molecule has 2 saturated heterocycles. The predicted molar refractivity (Wildman–Crippen MR) is 118 cm³/mol. The van der Waals surface area contributed by atoms with E-state index in [1.807, 2.05) is 70.2 Å². The zero-order valence-corrected chi connectivity index (χ0v) is 19.1. The number of benzene rings is 1. The number of rotatable bonds is 5. The predicted octanol–water partition coefficient (Wildman–Crippen LogP) is 1.92. The lowest BCUT2D eigenvalue weighted by atomic mass is 9.70. The third-order valence-electron chi connectivity index (χ3n) is 7.01. The van der Waals surface area contributed by atoms with Crippen molar-refractivity contribution in [3.63, 3.8) is 0 Å². The number of hydrogen-bond donors (Lipinski definition) is 2. The fourth-order valence-corrected chi connectivity index (χ4v) is 5.65. The van der Waals surface area contributed by atoms with Crippen molar-refractivity contribution in [3.05, 3.63) is 48.0 Å². The monoisotopic (exact) mass is 437 g/mol. The van der Waals surface area contributed by atoms with Gasteiger partial charge in [0.1, 0.15) is 11.6 Å². The van der Waals surface area contributed by atoms with Crippen molar-refractivity contribution in [1.82, 2.24) is 15.5 Å². The molecule has 5 rings (SSSR count). The molecule has 1 aromatic carbocycles. The van der Waals surface area contributed by atoms with Crippen molar-refractivity contribution in [2.45, 2.75) is 75.9 Å². The van der Waals surface area contributed by atoms with E-state index in [2.05, 4.69) is 10.6 Å². The molecule has 1 saturated carbocycles. The molecule has 3 amide bonds. The number of likely N-dealkylation sites (tertiary alicyclic amines) is 1. The first kappa shape index (κ1) is 21.2. The number of nitrogens with one attached hydrogen (secondary N) is 2. The SMILES string of the molecule is CC(C)(C)NC(=O)C1N(C2CC2)C(=O)C2C(C(=O)NCc3ccccc3)C3(C)C=CC21O3. The van der Waals surface area contributed by atoms with Crippen molar-refractivity contribution in [1.29, 1.82) is 0 Å². The smallest absolute Gasteiger partial charge is 0.246 e. The first-order valence-electron chi connectivity index (χ1n) is 11.4. The molecule has 0 aromatic heterocycles. The summed E-state index contributed by atoms with van der Waals surface area (Å²) in [5, 5.41) is 6.04. The first-order chi connectivity index (χ1) is 15.1. The van der Waals surface area contributed by atoms with E-state index < -0.39 is 34.6 Å². The quantitative estimate of drug-likeness (QED) is 0.689. The maximum atomic E-state index is 13.7. The number of nitrogens with zero attached hydrogens (tertiary/aromatic N) is 1. The van der Waals surface area contributed by atoms with Crippen LogP contribution >= 0.6 is 0 Å². The van der Waals surface area contributed by atoms with Crippen LogP contribution in [0.5, 0.6) is 0 Å². The van der Waals surface area contributed by atoms with E-state index >= 15 is 0 Å². The minimum Gasteiger partial charge on any atom is -0.356 e. The molecule has 0 radical (unpaired) electrons. The molecule has 7 heteroatoms. The van der Waals surface area contributed by atoms with Gasteiger partial charge in [-0.05, 0) is 46.1 Å². The fraction of sp³-hybridized carbons (Fsp3) is 0.560. The van der Waals surface area contributed by atoms with Crippen molar-refractivity contribution < 1.29 is 19.1 Å². The van der Waals surface area contributed by atoms with E-state index in [-0.39, 0.29) is 23.8 Å². The minimum absolute atomic E-state index is 0.0371. The highest BCUT2D eigenvalue weighted by molar-refractivity contribution is 6.00. The summed E-state index contributed by atoms with van der Waals surface area (Å²) in [6.07, 6.45) is 5.49. The molecule has 1 aromatic rings. The number of ether oxygens (including phenoxy) is 1. The molecule has 3 fully saturated rings. The Balaban J connectivity index is 1.47. The second-order valence-corrected chi connectivity index (χ2v) is 10.8. The van der Waals surface area contributed by atoms with Crippen LogP contribution in [0.4, 0.5) is 0 Å². The van der Waals surface area contributed by atoms with Crippen LogP contribution in [0, 0.1) is 11.8 Å². The van der Waals surface area contributed by atoms with Crippen LogP contribution in [0.1, 0.15) is 46.1 Å². The summed E-state index contributed by atoms with van der Waals surface area (Å²) in [6.45, 7) is 7.98. The zero-order chi connectivity index (χ0) is 22.9. The van der Waals surface area contributed by atoms with Gasteiger partial charge in [-0.15, -0.1) is 0 Å². The molecule has 3 heterocycles. The van der Waals surface area contributed by atoms with Crippen LogP contribution in [0.2, 0.25) is 0 Å². The molecule has 32 heavy (non-hydrogen) atoms. The molecular weight excluding hydrogens is 406 g/mol. The largest absolute Gasteiger partial charge is 0.356 e. The Morgan fingerprint density at radius 1 is 1.12 bits per heavy atom. The fourth-order valence-electron chi connectivity index (χ4n) is 5.65. The van der Waals surface area contributed by atoms with Gasteiger partial charge in [-0.25, -0.2) is 0 Å². The number of hydrogen-bond acceptors (Lipinski definition) is 4. The number of fused-ring (bicyclic) bond motifs is 1. The second kappa shape index (κ2) is 6.91. The topological polar surface area (TPSA) is 87.7 Å². The van der Waals surface area contributed by atoms with E-state index in [4.69, 9.17) is 4.74 Å². The second-order valence-electron chi connectivity index (χ2n) is 10.8. The summed E-state index contributed by atoms with van der Waals surface area (Å²) in [6, 6.07) is 8.94. The van der Waals surface area contributed by atoms with Gasteiger partial charge in [0.25, 0.3) is 0 Å². The molecule has 3 aliphatic heterocycles. The standard InChI is InChI=1S/C25H31N3O4/c1-23(2,3)27-21(30)19-25-13-12-24(4,32-25)17(18(25)22(31)28(19)16-10-11-16)20(29)26-14-15-8-6-5-7-9-15/h5-9,12-13,16-19H,10-11,14H2,1-4H3,(H,26,29)(H,27,30). The Bertz CT molecular complexity index is 996. The van der Waals surface area contributed by atoms with Gasteiger partial charge >= 0.3 is 0 Å². The van der Waals surface area contributed by atoms with Gasteiger partial charge < -0.3 is 20.3 Å². The third-order valence-corrected chi connectivity index (χ3v) is 7.01. The summed E-state index contributed by atoms with van der Waals surface area (Å²) in [4.78, 5) is 42.3. The van der Waals surface area contributed by atoms with E-state index in [0.717, 1.165) is 18.4 Å². The van der Waals surface area contributed by atoms with Crippen LogP contribution in [-0.2, 0) is 25.7 Å². The Kier molecular flexibility index (Phi) is 4.58. The highest BCUT2D eigenvalue weighted by Gasteiger charge is 2.77. The number of carbonyl (C=O) groups excluding carboxylic acids is 3. The van der Waals surface area contributed by atoms with E-state index in [1.54, 1.807) is 4.90 Å². The van der Waals surface area contributed by atoms with Gasteiger partial charge in [0.15, 0.2) is 0 Å². The molecule has 5 atom stereocenters. The van der Waals surface area contributed by atoms with Gasteiger partial charge in [-0.1, -0.05) is 42.5 Å².